The van der Waals surface area contributed by atoms with Crippen LogP contribution >= 0.6 is 11.8 Å². The summed E-state index contributed by atoms with van der Waals surface area (Å²) in [5.41, 5.74) is 2.86. The number of thioether (sulfide) groups is 1. The molecule has 1 atom stereocenters. The molecule has 136 valence electrons. The maximum atomic E-state index is 11.9. The normalized spacial score (nSPS) is 11.6. The van der Waals surface area contributed by atoms with E-state index in [1.54, 1.807) is 42.1 Å². The zero-order valence-electron chi connectivity index (χ0n) is 13.8. The zero-order chi connectivity index (χ0) is 19.3. The van der Waals surface area contributed by atoms with Gasteiger partial charge < -0.3 is 10.2 Å². The Balaban J connectivity index is 2.55. The second-order valence-electron chi connectivity index (χ2n) is 5.44. The van der Waals surface area contributed by atoms with Crippen molar-refractivity contribution in [1.29, 1.82) is 0 Å². The Morgan fingerprint density at radius 1 is 1.08 bits per heavy atom. The molecule has 4 N–H and O–H groups in total. The molecule has 0 heterocycles. The molecule has 2 aromatic carbocycles. The van der Waals surface area contributed by atoms with Crippen molar-refractivity contribution in [2.75, 3.05) is 6.26 Å². The summed E-state index contributed by atoms with van der Waals surface area (Å²) in [5, 5.41) is 27.0. The fourth-order valence-corrected chi connectivity index (χ4v) is 3.25. The summed E-state index contributed by atoms with van der Waals surface area (Å²) in [4.78, 5) is 34.8. The monoisotopic (exact) mass is 375 g/mol. The van der Waals surface area contributed by atoms with E-state index in [1.165, 1.54) is 23.9 Å². The maximum absolute atomic E-state index is 11.9. The standard InChI is InChI=1S/C18H17NO6S/c1-26-14(16(20)19-25)9-11-5-3-7-13(15(11)18(23)24)10-4-2-6-12(8-10)17(21)22/h2-8,14,25H,9H2,1H3,(H,19,20)(H,21,22)(H,23,24). The molecule has 0 saturated carbocycles. The maximum Gasteiger partial charge on any atom is 0.336 e. The molecule has 0 aromatic heterocycles. The van der Waals surface area contributed by atoms with Crippen LogP contribution in [-0.4, -0.2) is 44.8 Å². The third-order valence-electron chi connectivity index (χ3n) is 3.88. The number of carbonyl (C=O) groups is 3. The van der Waals surface area contributed by atoms with Crippen molar-refractivity contribution in [3.05, 3.63) is 59.2 Å². The number of rotatable bonds is 7. The van der Waals surface area contributed by atoms with Gasteiger partial charge in [0.1, 0.15) is 0 Å². The first-order chi connectivity index (χ1) is 12.4. The van der Waals surface area contributed by atoms with Gasteiger partial charge in [-0.05, 0) is 41.5 Å². The van der Waals surface area contributed by atoms with Crippen molar-refractivity contribution in [3.63, 3.8) is 0 Å². The van der Waals surface area contributed by atoms with Crippen molar-refractivity contribution in [2.24, 2.45) is 0 Å². The van der Waals surface area contributed by atoms with E-state index in [0.29, 0.717) is 16.7 Å². The third-order valence-corrected chi connectivity index (χ3v) is 4.83. The first kappa shape index (κ1) is 19.5. The molecule has 0 aliphatic heterocycles. The lowest BCUT2D eigenvalue weighted by atomic mass is 9.92. The van der Waals surface area contributed by atoms with Crippen molar-refractivity contribution >= 4 is 29.6 Å². The first-order valence-electron chi connectivity index (χ1n) is 7.54. The van der Waals surface area contributed by atoms with E-state index in [2.05, 4.69) is 0 Å². The van der Waals surface area contributed by atoms with Crippen LogP contribution in [0.1, 0.15) is 26.3 Å². The SMILES string of the molecule is CSC(Cc1cccc(-c2cccc(C(=O)O)c2)c1C(=O)O)C(=O)NO. The van der Waals surface area contributed by atoms with Crippen LogP contribution in [0, 0.1) is 0 Å². The minimum atomic E-state index is -1.18. The number of carbonyl (C=O) groups excluding carboxylic acids is 1. The Morgan fingerprint density at radius 3 is 2.35 bits per heavy atom. The molecular weight excluding hydrogens is 358 g/mol. The molecule has 26 heavy (non-hydrogen) atoms. The summed E-state index contributed by atoms with van der Waals surface area (Å²) >= 11 is 1.18. The number of carboxylic acid groups (broad SMARTS) is 2. The molecule has 0 radical (unpaired) electrons. The van der Waals surface area contributed by atoms with Gasteiger partial charge in [0, 0.05) is 0 Å². The number of aromatic carboxylic acids is 2. The molecule has 0 bridgehead atoms. The summed E-state index contributed by atoms with van der Waals surface area (Å²) in [6.07, 6.45) is 1.78. The number of carboxylic acids is 2. The average Bonchev–Trinajstić information content (AvgIpc) is 2.65. The van der Waals surface area contributed by atoms with Gasteiger partial charge in [-0.3, -0.25) is 10.0 Å². The Morgan fingerprint density at radius 2 is 1.77 bits per heavy atom. The van der Waals surface area contributed by atoms with Gasteiger partial charge in [0.15, 0.2) is 0 Å². The number of hydrogen-bond acceptors (Lipinski definition) is 5. The number of benzene rings is 2. The molecule has 0 aliphatic carbocycles. The zero-order valence-corrected chi connectivity index (χ0v) is 14.6. The number of amides is 1. The van der Waals surface area contributed by atoms with Crippen molar-refractivity contribution in [2.45, 2.75) is 11.7 Å². The van der Waals surface area contributed by atoms with E-state index < -0.39 is 23.1 Å². The fourth-order valence-electron chi connectivity index (χ4n) is 2.64. The average molecular weight is 375 g/mol. The Hall–Kier alpha value is -2.84. The molecule has 1 amide bonds. The lowest BCUT2D eigenvalue weighted by molar-refractivity contribution is -0.128. The quantitative estimate of drug-likeness (QED) is 0.433. The minimum Gasteiger partial charge on any atom is -0.478 e. The molecule has 2 rings (SSSR count). The smallest absolute Gasteiger partial charge is 0.336 e. The van der Waals surface area contributed by atoms with Gasteiger partial charge in [0.05, 0.1) is 16.4 Å². The Bertz CT molecular complexity index is 851. The number of hydroxylamine groups is 1. The van der Waals surface area contributed by atoms with Gasteiger partial charge in [-0.25, -0.2) is 15.1 Å². The highest BCUT2D eigenvalue weighted by Gasteiger charge is 2.23. The highest BCUT2D eigenvalue weighted by atomic mass is 32.2. The molecule has 1 unspecified atom stereocenters. The molecular formula is C18H17NO6S. The van der Waals surface area contributed by atoms with Gasteiger partial charge in [-0.15, -0.1) is 0 Å². The van der Waals surface area contributed by atoms with Crippen LogP contribution in [0.15, 0.2) is 42.5 Å². The second-order valence-corrected chi connectivity index (χ2v) is 6.48. The summed E-state index contributed by atoms with van der Waals surface area (Å²) in [5.74, 6) is -2.91. The predicted octanol–water partition coefficient (Wildman–Crippen LogP) is 2.53. The largest absolute Gasteiger partial charge is 0.478 e. The fraction of sp³-hybridized carbons (Fsp3) is 0.167. The second kappa shape index (κ2) is 8.50. The van der Waals surface area contributed by atoms with Gasteiger partial charge in [-0.2, -0.15) is 11.8 Å². The molecule has 0 aliphatic rings. The summed E-state index contributed by atoms with van der Waals surface area (Å²) in [7, 11) is 0. The number of nitrogens with one attached hydrogen (secondary N) is 1. The van der Waals surface area contributed by atoms with Crippen molar-refractivity contribution < 1.29 is 29.8 Å². The molecule has 0 spiro atoms. The molecule has 0 fully saturated rings. The van der Waals surface area contributed by atoms with E-state index >= 15 is 0 Å². The van der Waals surface area contributed by atoms with Crippen molar-refractivity contribution in [1.82, 2.24) is 5.48 Å². The van der Waals surface area contributed by atoms with Crippen LogP contribution in [-0.2, 0) is 11.2 Å². The van der Waals surface area contributed by atoms with Gasteiger partial charge in [0.25, 0.3) is 5.91 Å². The minimum absolute atomic E-state index is 0.000159. The van der Waals surface area contributed by atoms with E-state index in [4.69, 9.17) is 10.3 Å². The lowest BCUT2D eigenvalue weighted by Crippen LogP contribution is -2.31. The molecule has 8 heteroatoms. The van der Waals surface area contributed by atoms with Gasteiger partial charge >= 0.3 is 11.9 Å². The summed E-state index contributed by atoms with van der Waals surface area (Å²) in [6, 6.07) is 10.8. The topological polar surface area (TPSA) is 124 Å². The van der Waals surface area contributed by atoms with E-state index in [9.17, 15) is 19.5 Å². The van der Waals surface area contributed by atoms with Crippen LogP contribution in [0.3, 0.4) is 0 Å². The van der Waals surface area contributed by atoms with E-state index in [-0.39, 0.29) is 17.5 Å². The Labute approximate surface area is 153 Å². The molecule has 0 saturated heterocycles. The van der Waals surface area contributed by atoms with Crippen molar-refractivity contribution in [3.8, 4) is 11.1 Å². The highest BCUT2D eigenvalue weighted by molar-refractivity contribution is 7.99. The predicted molar refractivity (Wildman–Crippen MR) is 96.7 cm³/mol. The first-order valence-corrected chi connectivity index (χ1v) is 8.83. The third kappa shape index (κ3) is 4.22. The summed E-state index contributed by atoms with van der Waals surface area (Å²) < 4.78 is 0. The molecule has 2 aromatic rings. The van der Waals surface area contributed by atoms with Crippen LogP contribution < -0.4 is 5.48 Å². The van der Waals surface area contributed by atoms with Crippen LogP contribution in [0.2, 0.25) is 0 Å². The van der Waals surface area contributed by atoms with Gasteiger partial charge in [-0.1, -0.05) is 30.3 Å². The van der Waals surface area contributed by atoms with Crippen LogP contribution in [0.4, 0.5) is 0 Å². The van der Waals surface area contributed by atoms with E-state index in [0.717, 1.165) is 0 Å². The lowest BCUT2D eigenvalue weighted by Gasteiger charge is -2.16. The Kier molecular flexibility index (Phi) is 6.37. The highest BCUT2D eigenvalue weighted by Crippen LogP contribution is 2.29. The van der Waals surface area contributed by atoms with Crippen LogP contribution in [0.25, 0.3) is 11.1 Å². The van der Waals surface area contributed by atoms with Crippen LogP contribution in [0.5, 0.6) is 0 Å². The van der Waals surface area contributed by atoms with E-state index in [1.807, 2.05) is 0 Å². The molecule has 7 nitrogen and oxygen atoms in total. The van der Waals surface area contributed by atoms with Gasteiger partial charge in [0.2, 0.25) is 0 Å². The summed E-state index contributed by atoms with van der Waals surface area (Å²) in [6.45, 7) is 0. The number of hydrogen-bond donors (Lipinski definition) is 4.